The number of hydrogen-bond donors (Lipinski definition) is 3. The van der Waals surface area contributed by atoms with Gasteiger partial charge in [-0.25, -0.2) is 19.7 Å². The molecule has 136 valence electrons. The van der Waals surface area contributed by atoms with Gasteiger partial charge in [0.05, 0.1) is 13.3 Å². The van der Waals surface area contributed by atoms with E-state index in [9.17, 15) is 4.79 Å². The van der Waals surface area contributed by atoms with Crippen LogP contribution in [0.15, 0.2) is 48.8 Å². The second-order valence-corrected chi connectivity index (χ2v) is 5.84. The molecule has 1 aromatic carbocycles. The first kappa shape index (κ1) is 16.6. The monoisotopic (exact) mass is 363 g/mol. The fourth-order valence-electron chi connectivity index (χ4n) is 2.66. The summed E-state index contributed by atoms with van der Waals surface area (Å²) in [6.45, 7) is 0.350. The van der Waals surface area contributed by atoms with Crippen LogP contribution in [-0.4, -0.2) is 28.1 Å². The van der Waals surface area contributed by atoms with Gasteiger partial charge in [0.2, 0.25) is 5.95 Å². The number of ether oxygens (including phenoxy) is 1. The van der Waals surface area contributed by atoms with Crippen molar-refractivity contribution in [1.82, 2.24) is 20.3 Å². The minimum Gasteiger partial charge on any atom is -0.495 e. The van der Waals surface area contributed by atoms with Crippen LogP contribution in [0.1, 0.15) is 5.56 Å². The molecule has 0 aliphatic carbocycles. The number of aromatic nitrogens is 3. The van der Waals surface area contributed by atoms with E-state index in [1.165, 1.54) is 4.90 Å². The zero-order valence-electron chi connectivity index (χ0n) is 14.5. The van der Waals surface area contributed by atoms with Crippen LogP contribution in [0, 0.1) is 0 Å². The predicted octanol–water partition coefficient (Wildman–Crippen LogP) is 2.57. The summed E-state index contributed by atoms with van der Waals surface area (Å²) in [6.07, 6.45) is 3.23. The van der Waals surface area contributed by atoms with E-state index in [2.05, 4.69) is 25.6 Å². The number of rotatable bonds is 4. The van der Waals surface area contributed by atoms with E-state index in [1.807, 2.05) is 12.1 Å². The number of amides is 2. The molecular weight excluding hydrogens is 346 g/mol. The van der Waals surface area contributed by atoms with Crippen LogP contribution in [0.5, 0.6) is 5.75 Å². The van der Waals surface area contributed by atoms with E-state index < -0.39 is 0 Å². The molecule has 0 unspecified atom stereocenters. The Balaban J connectivity index is 1.69. The molecule has 0 radical (unpaired) electrons. The van der Waals surface area contributed by atoms with Crippen LogP contribution < -0.4 is 26.0 Å². The predicted molar refractivity (Wildman–Crippen MR) is 101 cm³/mol. The maximum atomic E-state index is 12.5. The highest BCUT2D eigenvalue weighted by atomic mass is 16.5. The van der Waals surface area contributed by atoms with E-state index in [1.54, 1.807) is 43.8 Å². The number of urea groups is 1. The average molecular weight is 363 g/mol. The molecule has 0 fully saturated rings. The van der Waals surface area contributed by atoms with Crippen molar-refractivity contribution < 1.29 is 9.53 Å². The number of nitrogens with two attached hydrogens (primary N) is 1. The highest BCUT2D eigenvalue weighted by Gasteiger charge is 2.28. The zero-order valence-corrected chi connectivity index (χ0v) is 14.5. The summed E-state index contributed by atoms with van der Waals surface area (Å²) in [5, 5.41) is 5.90. The molecular formula is C18H17N7O2. The number of anilines is 5. The largest absolute Gasteiger partial charge is 0.495 e. The van der Waals surface area contributed by atoms with Crippen molar-refractivity contribution in [2.75, 3.05) is 23.1 Å². The van der Waals surface area contributed by atoms with Gasteiger partial charge < -0.3 is 21.1 Å². The lowest BCUT2D eigenvalue weighted by Crippen LogP contribution is -2.42. The number of nitrogens with one attached hydrogen (secondary N) is 2. The summed E-state index contributed by atoms with van der Waals surface area (Å²) in [5.41, 5.74) is 7.95. The third-order valence-electron chi connectivity index (χ3n) is 4.04. The van der Waals surface area contributed by atoms with Crippen molar-refractivity contribution in [3.63, 3.8) is 0 Å². The normalized spacial score (nSPS) is 12.9. The third kappa shape index (κ3) is 3.30. The molecule has 2 amide bonds. The van der Waals surface area contributed by atoms with Gasteiger partial charge in [-0.05, 0) is 36.4 Å². The topological polar surface area (TPSA) is 118 Å². The van der Waals surface area contributed by atoms with E-state index in [0.29, 0.717) is 35.6 Å². The summed E-state index contributed by atoms with van der Waals surface area (Å²) in [4.78, 5) is 27.0. The van der Waals surface area contributed by atoms with E-state index in [4.69, 9.17) is 10.5 Å². The third-order valence-corrected chi connectivity index (χ3v) is 4.04. The molecule has 0 bridgehead atoms. The minimum absolute atomic E-state index is 0.308. The molecule has 1 aliphatic rings. The minimum atomic E-state index is -0.308. The molecule has 2 aromatic heterocycles. The number of benzene rings is 1. The first-order valence-corrected chi connectivity index (χ1v) is 8.20. The quantitative estimate of drug-likeness (QED) is 0.610. The van der Waals surface area contributed by atoms with Gasteiger partial charge in [-0.15, -0.1) is 0 Å². The van der Waals surface area contributed by atoms with Gasteiger partial charge in [-0.2, -0.15) is 4.98 Å². The summed E-state index contributed by atoms with van der Waals surface area (Å²) in [5.74, 6) is 1.88. The van der Waals surface area contributed by atoms with Gasteiger partial charge in [-0.3, -0.25) is 0 Å². The maximum absolute atomic E-state index is 12.5. The van der Waals surface area contributed by atoms with E-state index >= 15 is 0 Å². The second kappa shape index (κ2) is 6.79. The first-order chi connectivity index (χ1) is 13.1. The number of fused-ring (bicyclic) bond motifs is 1. The van der Waals surface area contributed by atoms with Crippen LogP contribution >= 0.6 is 0 Å². The average Bonchev–Trinajstić information content (AvgIpc) is 2.70. The SMILES string of the molecule is COc1ccc(N2C(=O)NCc3cnc(Nc4ccc(N)cc4)nc32)nc1. The summed E-state index contributed by atoms with van der Waals surface area (Å²) in [7, 11) is 1.56. The van der Waals surface area contributed by atoms with E-state index in [0.717, 1.165) is 11.3 Å². The van der Waals surface area contributed by atoms with Crippen molar-refractivity contribution in [3.05, 3.63) is 54.4 Å². The molecule has 0 spiro atoms. The second-order valence-electron chi connectivity index (χ2n) is 5.84. The van der Waals surface area contributed by atoms with Gasteiger partial charge in [-0.1, -0.05) is 0 Å². The molecule has 3 aromatic rings. The smallest absolute Gasteiger partial charge is 0.329 e. The number of pyridine rings is 1. The van der Waals surface area contributed by atoms with Gasteiger partial charge in [0, 0.05) is 29.7 Å². The number of nitrogens with zero attached hydrogens (tertiary/aromatic N) is 4. The maximum Gasteiger partial charge on any atom is 0.329 e. The van der Waals surface area contributed by atoms with Crippen molar-refractivity contribution in [2.45, 2.75) is 6.54 Å². The molecule has 4 rings (SSSR count). The molecule has 27 heavy (non-hydrogen) atoms. The molecule has 9 nitrogen and oxygen atoms in total. The number of methoxy groups -OCH3 is 1. The van der Waals surface area contributed by atoms with Crippen molar-refractivity contribution in [3.8, 4) is 5.75 Å². The lowest BCUT2D eigenvalue weighted by Gasteiger charge is -2.28. The van der Waals surface area contributed by atoms with Crippen LogP contribution in [0.2, 0.25) is 0 Å². The Kier molecular flexibility index (Phi) is 4.17. The molecule has 4 N–H and O–H groups in total. The van der Waals surface area contributed by atoms with Crippen LogP contribution in [-0.2, 0) is 6.54 Å². The Morgan fingerprint density at radius 2 is 1.96 bits per heavy atom. The molecule has 1 aliphatic heterocycles. The molecule has 9 heteroatoms. The Bertz CT molecular complexity index is 974. The van der Waals surface area contributed by atoms with E-state index in [-0.39, 0.29) is 6.03 Å². The zero-order chi connectivity index (χ0) is 18.8. The van der Waals surface area contributed by atoms with Crippen molar-refractivity contribution in [2.24, 2.45) is 0 Å². The number of carbonyl (C=O) groups excluding carboxylic acids is 1. The van der Waals surface area contributed by atoms with Crippen molar-refractivity contribution in [1.29, 1.82) is 0 Å². The Labute approximate surface area is 155 Å². The number of nitrogen functional groups attached to an aromatic ring is 1. The lowest BCUT2D eigenvalue weighted by molar-refractivity contribution is 0.246. The lowest BCUT2D eigenvalue weighted by atomic mass is 10.2. The van der Waals surface area contributed by atoms with Crippen LogP contribution in [0.4, 0.5) is 33.8 Å². The standard InChI is InChI=1S/C18H17N7O2/c1-27-14-6-7-15(20-10-14)25-16-11(9-22-18(25)26)8-21-17(24-16)23-13-4-2-12(19)3-5-13/h2-8,10H,9,19H2,1H3,(H,22,26)(H,21,23,24). The highest BCUT2D eigenvalue weighted by Crippen LogP contribution is 2.30. The van der Waals surface area contributed by atoms with Crippen LogP contribution in [0.3, 0.4) is 0 Å². The van der Waals surface area contributed by atoms with Gasteiger partial charge in [0.25, 0.3) is 0 Å². The summed E-state index contributed by atoms with van der Waals surface area (Å²) >= 11 is 0. The summed E-state index contributed by atoms with van der Waals surface area (Å²) < 4.78 is 5.12. The number of hydrogen-bond acceptors (Lipinski definition) is 7. The highest BCUT2D eigenvalue weighted by molar-refractivity contribution is 5.99. The van der Waals surface area contributed by atoms with Crippen molar-refractivity contribution >= 4 is 35.0 Å². The molecule has 3 heterocycles. The summed E-state index contributed by atoms with van der Waals surface area (Å²) in [6, 6.07) is 10.3. The molecule has 0 saturated heterocycles. The fourth-order valence-corrected chi connectivity index (χ4v) is 2.66. The first-order valence-electron chi connectivity index (χ1n) is 8.20. The fraction of sp³-hybridized carbons (Fsp3) is 0.111. The molecule has 0 saturated carbocycles. The Morgan fingerprint density at radius 3 is 2.67 bits per heavy atom. The van der Waals surface area contributed by atoms with Crippen LogP contribution in [0.25, 0.3) is 0 Å². The Morgan fingerprint density at radius 1 is 1.15 bits per heavy atom. The van der Waals surface area contributed by atoms with Gasteiger partial charge in [0.1, 0.15) is 11.6 Å². The van der Waals surface area contributed by atoms with Gasteiger partial charge >= 0.3 is 6.03 Å². The van der Waals surface area contributed by atoms with Gasteiger partial charge in [0.15, 0.2) is 5.82 Å². The number of carbonyl (C=O) groups is 1. The Hall–Kier alpha value is -3.88. The molecule has 0 atom stereocenters.